The maximum Gasteiger partial charge on any atom is 0.328 e. The van der Waals surface area contributed by atoms with Crippen LogP contribution in [0, 0.1) is 0 Å². The first-order chi connectivity index (χ1) is 7.10. The Labute approximate surface area is 91.3 Å². The highest BCUT2D eigenvalue weighted by molar-refractivity contribution is 5.81. The number of hydrogen-bond donors (Lipinski definition) is 1. The minimum atomic E-state index is -0.623. The molecule has 0 saturated carbocycles. The third kappa shape index (κ3) is 3.18. The minimum Gasteiger partial charge on any atom is -0.465 e. The average molecular weight is 215 g/mol. The number of carbonyl (C=O) groups excluding carboxylic acids is 1. The molecule has 0 aromatic carbocycles. The van der Waals surface area contributed by atoms with E-state index in [0.29, 0.717) is 13.2 Å². The van der Waals surface area contributed by atoms with Crippen LogP contribution < -0.4 is 5.32 Å². The summed E-state index contributed by atoms with van der Waals surface area (Å²) in [6.45, 7) is 7.45. The molecule has 0 aliphatic carbocycles. The van der Waals surface area contributed by atoms with Crippen molar-refractivity contribution in [1.29, 1.82) is 0 Å². The van der Waals surface area contributed by atoms with Crippen LogP contribution in [0.5, 0.6) is 0 Å². The van der Waals surface area contributed by atoms with Gasteiger partial charge in [-0.05, 0) is 33.6 Å². The summed E-state index contributed by atoms with van der Waals surface area (Å²) in [5.41, 5.74) is -0.623. The van der Waals surface area contributed by atoms with Crippen LogP contribution in [0.2, 0.25) is 0 Å². The normalized spacial score (nSPS) is 26.7. The molecule has 4 heteroatoms. The Morgan fingerprint density at radius 2 is 2.33 bits per heavy atom. The van der Waals surface area contributed by atoms with Gasteiger partial charge in [-0.1, -0.05) is 0 Å². The highest BCUT2D eigenvalue weighted by Crippen LogP contribution is 2.21. The number of ether oxygens (including phenoxy) is 2. The van der Waals surface area contributed by atoms with Gasteiger partial charge in [0, 0.05) is 12.6 Å². The summed E-state index contributed by atoms with van der Waals surface area (Å²) in [4.78, 5) is 11.9. The molecule has 0 radical (unpaired) electrons. The molecule has 1 saturated heterocycles. The highest BCUT2D eigenvalue weighted by atomic mass is 16.5. The summed E-state index contributed by atoms with van der Waals surface area (Å²) in [5, 5.41) is 3.28. The van der Waals surface area contributed by atoms with Gasteiger partial charge >= 0.3 is 5.97 Å². The van der Waals surface area contributed by atoms with E-state index in [1.54, 1.807) is 0 Å². The Hall–Kier alpha value is -0.610. The Bertz CT molecular complexity index is 210. The van der Waals surface area contributed by atoms with Crippen molar-refractivity contribution in [2.45, 2.75) is 45.2 Å². The molecule has 1 atom stereocenters. The monoisotopic (exact) mass is 215 g/mol. The maximum atomic E-state index is 11.9. The van der Waals surface area contributed by atoms with E-state index in [1.807, 2.05) is 20.8 Å². The van der Waals surface area contributed by atoms with Crippen molar-refractivity contribution >= 4 is 5.97 Å². The second-order valence-corrected chi connectivity index (χ2v) is 4.26. The van der Waals surface area contributed by atoms with E-state index in [4.69, 9.17) is 9.47 Å². The summed E-state index contributed by atoms with van der Waals surface area (Å²) < 4.78 is 10.5. The van der Waals surface area contributed by atoms with Crippen molar-refractivity contribution in [3.63, 3.8) is 0 Å². The zero-order valence-corrected chi connectivity index (χ0v) is 9.84. The average Bonchev–Trinajstić information content (AvgIpc) is 2.18. The fourth-order valence-electron chi connectivity index (χ4n) is 1.95. The molecule has 1 N–H and O–H groups in total. The Morgan fingerprint density at radius 3 is 2.80 bits per heavy atom. The summed E-state index contributed by atoms with van der Waals surface area (Å²) >= 11 is 0. The lowest BCUT2D eigenvalue weighted by molar-refractivity contribution is -0.157. The lowest BCUT2D eigenvalue weighted by Gasteiger charge is -2.36. The number of rotatable bonds is 4. The number of hydrogen-bond acceptors (Lipinski definition) is 4. The van der Waals surface area contributed by atoms with Gasteiger partial charge in [-0.25, -0.2) is 4.79 Å². The van der Waals surface area contributed by atoms with Crippen LogP contribution >= 0.6 is 0 Å². The van der Waals surface area contributed by atoms with Gasteiger partial charge < -0.3 is 9.47 Å². The quantitative estimate of drug-likeness (QED) is 0.713. The molecule has 15 heavy (non-hydrogen) atoms. The Balaban J connectivity index is 2.69. The summed E-state index contributed by atoms with van der Waals surface area (Å²) in [6, 6.07) is 0.246. The van der Waals surface area contributed by atoms with E-state index in [9.17, 15) is 4.79 Å². The predicted octanol–water partition coefficient (Wildman–Crippen LogP) is 1.10. The number of esters is 1. The first-order valence-electron chi connectivity index (χ1n) is 5.63. The SMILES string of the molecule is CCOC(=O)C1(NC(C)C)CCCOC1. The van der Waals surface area contributed by atoms with Gasteiger partial charge in [0.05, 0.1) is 13.2 Å². The molecule has 1 aliphatic heterocycles. The molecular formula is C11H21NO3. The molecule has 0 aromatic heterocycles. The van der Waals surface area contributed by atoms with Gasteiger partial charge in [0.25, 0.3) is 0 Å². The molecule has 1 unspecified atom stereocenters. The van der Waals surface area contributed by atoms with Gasteiger partial charge in [-0.15, -0.1) is 0 Å². The van der Waals surface area contributed by atoms with Crippen LogP contribution in [-0.4, -0.2) is 37.4 Å². The van der Waals surface area contributed by atoms with Crippen molar-refractivity contribution in [3.8, 4) is 0 Å². The van der Waals surface area contributed by atoms with Gasteiger partial charge in [-0.2, -0.15) is 0 Å². The standard InChI is InChI=1S/C11H21NO3/c1-4-15-10(13)11(12-9(2)3)6-5-7-14-8-11/h9,12H,4-8H2,1-3H3. The molecule has 0 aromatic rings. The second-order valence-electron chi connectivity index (χ2n) is 4.26. The largest absolute Gasteiger partial charge is 0.465 e. The third-order valence-electron chi connectivity index (χ3n) is 2.47. The summed E-state index contributed by atoms with van der Waals surface area (Å²) in [6.07, 6.45) is 1.70. The van der Waals surface area contributed by atoms with Crippen molar-refractivity contribution in [2.75, 3.05) is 19.8 Å². The van der Waals surface area contributed by atoms with E-state index < -0.39 is 5.54 Å². The second kappa shape index (κ2) is 5.47. The van der Waals surface area contributed by atoms with Gasteiger partial charge in [0.15, 0.2) is 0 Å². The van der Waals surface area contributed by atoms with Crippen LogP contribution in [0.1, 0.15) is 33.6 Å². The molecule has 0 bridgehead atoms. The fourth-order valence-corrected chi connectivity index (χ4v) is 1.95. The van der Waals surface area contributed by atoms with E-state index >= 15 is 0 Å². The van der Waals surface area contributed by atoms with Crippen LogP contribution in [0.25, 0.3) is 0 Å². The highest BCUT2D eigenvalue weighted by Gasteiger charge is 2.42. The van der Waals surface area contributed by atoms with E-state index in [0.717, 1.165) is 19.4 Å². The van der Waals surface area contributed by atoms with E-state index in [1.165, 1.54) is 0 Å². The van der Waals surface area contributed by atoms with Crippen molar-refractivity contribution in [3.05, 3.63) is 0 Å². The lowest BCUT2D eigenvalue weighted by atomic mass is 9.91. The molecule has 88 valence electrons. The molecule has 0 spiro atoms. The molecular weight excluding hydrogens is 194 g/mol. The zero-order chi connectivity index (χ0) is 11.3. The van der Waals surface area contributed by atoms with Crippen molar-refractivity contribution < 1.29 is 14.3 Å². The molecule has 1 rings (SSSR count). The topological polar surface area (TPSA) is 47.6 Å². The number of nitrogens with one attached hydrogen (secondary N) is 1. The summed E-state index contributed by atoms with van der Waals surface area (Å²) in [5.74, 6) is -0.182. The van der Waals surface area contributed by atoms with Gasteiger partial charge in [0.2, 0.25) is 0 Å². The first-order valence-corrected chi connectivity index (χ1v) is 5.63. The predicted molar refractivity (Wildman–Crippen MR) is 57.7 cm³/mol. The molecule has 1 heterocycles. The zero-order valence-electron chi connectivity index (χ0n) is 9.84. The molecule has 1 fully saturated rings. The van der Waals surface area contributed by atoms with E-state index in [-0.39, 0.29) is 12.0 Å². The van der Waals surface area contributed by atoms with Crippen LogP contribution in [0.4, 0.5) is 0 Å². The summed E-state index contributed by atoms with van der Waals surface area (Å²) in [7, 11) is 0. The molecule has 1 aliphatic rings. The lowest BCUT2D eigenvalue weighted by Crippen LogP contribution is -2.60. The molecule has 4 nitrogen and oxygen atoms in total. The van der Waals surface area contributed by atoms with Crippen LogP contribution in [-0.2, 0) is 14.3 Å². The maximum absolute atomic E-state index is 11.9. The number of carbonyl (C=O) groups is 1. The van der Waals surface area contributed by atoms with Crippen molar-refractivity contribution in [2.24, 2.45) is 0 Å². The third-order valence-corrected chi connectivity index (χ3v) is 2.47. The van der Waals surface area contributed by atoms with E-state index in [2.05, 4.69) is 5.32 Å². The molecule has 0 amide bonds. The van der Waals surface area contributed by atoms with Crippen LogP contribution in [0.15, 0.2) is 0 Å². The Kier molecular flexibility index (Phi) is 4.54. The fraction of sp³-hybridized carbons (Fsp3) is 0.909. The van der Waals surface area contributed by atoms with Crippen LogP contribution in [0.3, 0.4) is 0 Å². The van der Waals surface area contributed by atoms with Gasteiger partial charge in [0.1, 0.15) is 5.54 Å². The Morgan fingerprint density at radius 1 is 1.60 bits per heavy atom. The van der Waals surface area contributed by atoms with Gasteiger partial charge in [-0.3, -0.25) is 5.32 Å². The first kappa shape index (κ1) is 12.5. The smallest absolute Gasteiger partial charge is 0.328 e. The van der Waals surface area contributed by atoms with Crippen molar-refractivity contribution in [1.82, 2.24) is 5.32 Å². The minimum absolute atomic E-state index is 0.182.